The standard InChI is InChI=1S/C23H24Cl2N4O4/c1-2-33-23(32)14-3-5-17(6-4-14)29-20(30)12-19(22(29)31)27-16-7-9-28(10-8-16)21-18(25)11-15(24)13-26-21/h3-6,11,13,16,19,27H,2,7-10,12H2,1H3. The number of rotatable bonds is 6. The maximum atomic E-state index is 13.0. The van der Waals surface area contributed by atoms with Crippen LogP contribution in [0.3, 0.4) is 0 Å². The van der Waals surface area contributed by atoms with E-state index in [1.165, 1.54) is 4.90 Å². The summed E-state index contributed by atoms with van der Waals surface area (Å²) in [6, 6.07) is 7.49. The molecule has 2 aliphatic rings. The number of carbonyl (C=O) groups excluding carboxylic acids is 3. The largest absolute Gasteiger partial charge is 0.462 e. The first-order valence-electron chi connectivity index (χ1n) is 10.8. The monoisotopic (exact) mass is 490 g/mol. The van der Waals surface area contributed by atoms with Crippen molar-refractivity contribution in [1.29, 1.82) is 0 Å². The van der Waals surface area contributed by atoms with Crippen molar-refractivity contribution in [3.05, 3.63) is 52.1 Å². The minimum absolute atomic E-state index is 0.0974. The van der Waals surface area contributed by atoms with Crippen molar-refractivity contribution in [2.75, 3.05) is 29.5 Å². The van der Waals surface area contributed by atoms with E-state index in [2.05, 4.69) is 15.2 Å². The molecule has 174 valence electrons. The predicted octanol–water partition coefficient (Wildman–Crippen LogP) is 3.46. The van der Waals surface area contributed by atoms with E-state index in [9.17, 15) is 14.4 Å². The van der Waals surface area contributed by atoms with Gasteiger partial charge in [-0.1, -0.05) is 23.2 Å². The molecule has 1 aromatic heterocycles. The van der Waals surface area contributed by atoms with Crippen LogP contribution in [0, 0.1) is 0 Å². The Hall–Kier alpha value is -2.68. The number of pyridine rings is 1. The number of hydrogen-bond donors (Lipinski definition) is 1. The number of piperidine rings is 1. The molecule has 1 atom stereocenters. The predicted molar refractivity (Wildman–Crippen MR) is 126 cm³/mol. The molecular weight excluding hydrogens is 467 g/mol. The number of carbonyl (C=O) groups is 3. The van der Waals surface area contributed by atoms with Gasteiger partial charge in [-0.05, 0) is 50.1 Å². The van der Waals surface area contributed by atoms with Crippen LogP contribution in [0.4, 0.5) is 11.5 Å². The Kier molecular flexibility index (Phi) is 7.17. The van der Waals surface area contributed by atoms with Gasteiger partial charge in [0, 0.05) is 25.3 Å². The van der Waals surface area contributed by atoms with E-state index in [0.29, 0.717) is 27.1 Å². The Balaban J connectivity index is 1.35. The van der Waals surface area contributed by atoms with Crippen molar-refractivity contribution >= 4 is 52.5 Å². The van der Waals surface area contributed by atoms with Gasteiger partial charge in [-0.2, -0.15) is 0 Å². The lowest BCUT2D eigenvalue weighted by molar-refractivity contribution is -0.121. The first kappa shape index (κ1) is 23.5. The van der Waals surface area contributed by atoms with Crippen LogP contribution in [-0.2, 0) is 14.3 Å². The van der Waals surface area contributed by atoms with E-state index in [0.717, 1.165) is 25.9 Å². The van der Waals surface area contributed by atoms with Crippen molar-refractivity contribution in [3.63, 3.8) is 0 Å². The number of nitrogens with one attached hydrogen (secondary N) is 1. The van der Waals surface area contributed by atoms with Crippen molar-refractivity contribution in [2.45, 2.75) is 38.3 Å². The number of aromatic nitrogens is 1. The van der Waals surface area contributed by atoms with E-state index >= 15 is 0 Å². The van der Waals surface area contributed by atoms with E-state index in [4.69, 9.17) is 27.9 Å². The smallest absolute Gasteiger partial charge is 0.338 e. The third-order valence-corrected chi connectivity index (χ3v) is 6.29. The SMILES string of the molecule is CCOC(=O)c1ccc(N2C(=O)CC(NC3CCN(c4ncc(Cl)cc4Cl)CC3)C2=O)cc1. The zero-order valence-corrected chi connectivity index (χ0v) is 19.6. The maximum Gasteiger partial charge on any atom is 0.338 e. The molecule has 10 heteroatoms. The Morgan fingerprint density at radius 3 is 2.52 bits per heavy atom. The number of esters is 1. The molecule has 2 aliphatic heterocycles. The number of anilines is 2. The minimum Gasteiger partial charge on any atom is -0.462 e. The molecule has 3 heterocycles. The van der Waals surface area contributed by atoms with Gasteiger partial charge in [0.15, 0.2) is 0 Å². The number of halogens is 2. The summed E-state index contributed by atoms with van der Waals surface area (Å²) >= 11 is 12.2. The molecule has 0 saturated carbocycles. The van der Waals surface area contributed by atoms with Gasteiger partial charge in [0.1, 0.15) is 5.82 Å². The van der Waals surface area contributed by atoms with Crippen LogP contribution in [0.5, 0.6) is 0 Å². The lowest BCUT2D eigenvalue weighted by Crippen LogP contribution is -2.49. The molecular formula is C23H24Cl2N4O4. The van der Waals surface area contributed by atoms with Crippen LogP contribution in [0.2, 0.25) is 10.0 Å². The molecule has 4 rings (SSSR count). The summed E-state index contributed by atoms with van der Waals surface area (Å²) < 4.78 is 4.97. The van der Waals surface area contributed by atoms with Crippen LogP contribution < -0.4 is 15.1 Å². The highest BCUT2D eigenvalue weighted by Gasteiger charge is 2.40. The number of benzene rings is 1. The number of hydrogen-bond acceptors (Lipinski definition) is 7. The summed E-state index contributed by atoms with van der Waals surface area (Å²) in [5.41, 5.74) is 0.817. The van der Waals surface area contributed by atoms with E-state index < -0.39 is 12.0 Å². The zero-order valence-electron chi connectivity index (χ0n) is 18.1. The van der Waals surface area contributed by atoms with Gasteiger partial charge in [-0.25, -0.2) is 14.7 Å². The van der Waals surface area contributed by atoms with Gasteiger partial charge < -0.3 is 15.0 Å². The summed E-state index contributed by atoms with van der Waals surface area (Å²) in [6.45, 7) is 3.45. The van der Waals surface area contributed by atoms with Gasteiger partial charge in [-0.3, -0.25) is 9.59 Å². The number of nitrogens with zero attached hydrogens (tertiary/aromatic N) is 3. The lowest BCUT2D eigenvalue weighted by atomic mass is 10.0. The minimum atomic E-state index is -0.573. The third kappa shape index (κ3) is 5.13. The molecule has 0 radical (unpaired) electrons. The second-order valence-corrected chi connectivity index (χ2v) is 8.82. The van der Waals surface area contributed by atoms with Gasteiger partial charge in [0.2, 0.25) is 5.91 Å². The van der Waals surface area contributed by atoms with E-state index in [-0.39, 0.29) is 30.9 Å². The molecule has 2 amide bonds. The zero-order chi connectivity index (χ0) is 23.5. The van der Waals surface area contributed by atoms with Gasteiger partial charge in [-0.15, -0.1) is 0 Å². The first-order valence-corrected chi connectivity index (χ1v) is 11.6. The fourth-order valence-electron chi connectivity index (χ4n) is 4.18. The highest BCUT2D eigenvalue weighted by molar-refractivity contribution is 6.36. The summed E-state index contributed by atoms with van der Waals surface area (Å²) in [6.07, 6.45) is 3.24. The second-order valence-electron chi connectivity index (χ2n) is 7.98. The number of ether oxygens (including phenoxy) is 1. The molecule has 1 unspecified atom stereocenters. The lowest BCUT2D eigenvalue weighted by Gasteiger charge is -2.34. The summed E-state index contributed by atoms with van der Waals surface area (Å²) in [4.78, 5) is 45.0. The van der Waals surface area contributed by atoms with Crippen molar-refractivity contribution in [2.24, 2.45) is 0 Å². The molecule has 1 N–H and O–H groups in total. The van der Waals surface area contributed by atoms with E-state index in [1.54, 1.807) is 43.5 Å². The molecule has 2 aromatic rings. The summed E-state index contributed by atoms with van der Waals surface area (Å²) in [5.74, 6) is -0.294. The number of imide groups is 1. The molecule has 33 heavy (non-hydrogen) atoms. The first-order chi connectivity index (χ1) is 15.9. The van der Waals surface area contributed by atoms with Crippen LogP contribution in [-0.4, -0.2) is 54.5 Å². The van der Waals surface area contributed by atoms with Crippen LogP contribution in [0.25, 0.3) is 0 Å². The van der Waals surface area contributed by atoms with Gasteiger partial charge >= 0.3 is 5.97 Å². The van der Waals surface area contributed by atoms with Gasteiger partial charge in [0.25, 0.3) is 5.91 Å². The quantitative estimate of drug-likeness (QED) is 0.489. The molecule has 1 aromatic carbocycles. The van der Waals surface area contributed by atoms with Crippen LogP contribution >= 0.6 is 23.2 Å². The van der Waals surface area contributed by atoms with Gasteiger partial charge in [0.05, 0.1) is 40.4 Å². The molecule has 2 fully saturated rings. The van der Waals surface area contributed by atoms with Crippen molar-refractivity contribution < 1.29 is 19.1 Å². The fourth-order valence-corrected chi connectivity index (χ4v) is 4.68. The molecule has 0 spiro atoms. The Morgan fingerprint density at radius 1 is 1.18 bits per heavy atom. The Labute approximate surface area is 201 Å². The number of amides is 2. The second kappa shape index (κ2) is 10.1. The highest BCUT2D eigenvalue weighted by Crippen LogP contribution is 2.29. The Bertz CT molecular complexity index is 1050. The third-order valence-electron chi connectivity index (χ3n) is 5.80. The highest BCUT2D eigenvalue weighted by atomic mass is 35.5. The molecule has 0 aliphatic carbocycles. The van der Waals surface area contributed by atoms with Crippen molar-refractivity contribution in [1.82, 2.24) is 10.3 Å². The van der Waals surface area contributed by atoms with Crippen molar-refractivity contribution in [3.8, 4) is 0 Å². The molecule has 8 nitrogen and oxygen atoms in total. The average molecular weight is 491 g/mol. The normalized spacial score (nSPS) is 19.3. The van der Waals surface area contributed by atoms with E-state index in [1.807, 2.05) is 0 Å². The average Bonchev–Trinajstić information content (AvgIpc) is 3.07. The fraction of sp³-hybridized carbons (Fsp3) is 0.391. The topological polar surface area (TPSA) is 91.8 Å². The van der Waals surface area contributed by atoms with Crippen LogP contribution in [0.1, 0.15) is 36.5 Å². The molecule has 2 saturated heterocycles. The molecule has 0 bridgehead atoms. The Morgan fingerprint density at radius 2 is 1.88 bits per heavy atom. The summed E-state index contributed by atoms with van der Waals surface area (Å²) in [5, 5.41) is 4.35. The summed E-state index contributed by atoms with van der Waals surface area (Å²) in [7, 11) is 0. The maximum absolute atomic E-state index is 13.0. The van der Waals surface area contributed by atoms with Crippen LogP contribution in [0.15, 0.2) is 36.5 Å².